The fraction of sp³-hybridized carbons (Fsp3) is 0.333. The second kappa shape index (κ2) is 7.07. The first-order chi connectivity index (χ1) is 10.5. The number of hydrogen-bond acceptors (Lipinski definition) is 3. The molecular formula is C18H23N3O. The van der Waals surface area contributed by atoms with Crippen LogP contribution >= 0.6 is 0 Å². The maximum Gasteiger partial charge on any atom is 0.203 e. The first-order valence-corrected chi connectivity index (χ1v) is 7.63. The van der Waals surface area contributed by atoms with E-state index in [-0.39, 0.29) is 5.78 Å². The zero-order chi connectivity index (χ0) is 16.1. The van der Waals surface area contributed by atoms with Crippen LogP contribution in [0.3, 0.4) is 0 Å². The molecule has 4 nitrogen and oxygen atoms in total. The third kappa shape index (κ3) is 3.64. The van der Waals surface area contributed by atoms with Gasteiger partial charge in [-0.2, -0.15) is 5.10 Å². The number of benzene rings is 1. The lowest BCUT2D eigenvalue weighted by Crippen LogP contribution is -2.21. The quantitative estimate of drug-likeness (QED) is 0.605. The van der Waals surface area contributed by atoms with Crippen LogP contribution in [-0.2, 0) is 7.05 Å². The number of aromatic nitrogens is 2. The third-order valence-electron chi connectivity index (χ3n) is 3.70. The van der Waals surface area contributed by atoms with Crippen molar-refractivity contribution in [2.24, 2.45) is 7.05 Å². The molecule has 4 heteroatoms. The molecule has 2 rings (SSSR count). The van der Waals surface area contributed by atoms with Crippen LogP contribution in [0.5, 0.6) is 0 Å². The molecule has 116 valence electrons. The van der Waals surface area contributed by atoms with Crippen molar-refractivity contribution in [1.82, 2.24) is 9.78 Å². The average molecular weight is 297 g/mol. The number of nitrogens with zero attached hydrogens (tertiary/aromatic N) is 3. The molecule has 0 spiro atoms. The molecule has 0 aliphatic carbocycles. The number of hydrogen-bond donors (Lipinski definition) is 0. The number of carbonyl (C=O) groups excluding carboxylic acids is 1. The minimum Gasteiger partial charge on any atom is -0.372 e. The van der Waals surface area contributed by atoms with E-state index in [2.05, 4.69) is 36.0 Å². The molecule has 2 aromatic rings. The molecule has 0 N–H and O–H groups in total. The van der Waals surface area contributed by atoms with E-state index < -0.39 is 0 Å². The minimum atomic E-state index is -0.0316. The van der Waals surface area contributed by atoms with Gasteiger partial charge in [0.05, 0.1) is 5.69 Å². The van der Waals surface area contributed by atoms with Gasteiger partial charge in [0.2, 0.25) is 5.78 Å². The summed E-state index contributed by atoms with van der Waals surface area (Å²) in [6.45, 7) is 8.15. The van der Waals surface area contributed by atoms with Gasteiger partial charge in [-0.1, -0.05) is 18.2 Å². The molecule has 0 fully saturated rings. The van der Waals surface area contributed by atoms with Gasteiger partial charge in [-0.05, 0) is 50.6 Å². The fourth-order valence-electron chi connectivity index (χ4n) is 2.48. The Kier molecular flexibility index (Phi) is 5.15. The normalized spacial score (nSPS) is 11.1. The smallest absolute Gasteiger partial charge is 0.203 e. The van der Waals surface area contributed by atoms with Gasteiger partial charge in [-0.3, -0.25) is 9.48 Å². The maximum atomic E-state index is 12.2. The molecule has 1 heterocycles. The van der Waals surface area contributed by atoms with Crippen molar-refractivity contribution in [1.29, 1.82) is 0 Å². The van der Waals surface area contributed by atoms with Gasteiger partial charge >= 0.3 is 0 Å². The zero-order valence-corrected chi connectivity index (χ0v) is 13.7. The van der Waals surface area contributed by atoms with E-state index in [9.17, 15) is 4.79 Å². The van der Waals surface area contributed by atoms with Gasteiger partial charge in [0.1, 0.15) is 5.69 Å². The van der Waals surface area contributed by atoms with Gasteiger partial charge in [0, 0.05) is 25.8 Å². The molecule has 0 saturated heterocycles. The largest absolute Gasteiger partial charge is 0.372 e. The third-order valence-corrected chi connectivity index (χ3v) is 3.70. The lowest BCUT2D eigenvalue weighted by atomic mass is 10.1. The topological polar surface area (TPSA) is 38.1 Å². The van der Waals surface area contributed by atoms with Crippen molar-refractivity contribution in [2.45, 2.75) is 20.8 Å². The predicted octanol–water partition coefficient (Wildman–Crippen LogP) is 3.47. The van der Waals surface area contributed by atoms with E-state index in [4.69, 9.17) is 0 Å². The second-order valence-corrected chi connectivity index (χ2v) is 5.26. The van der Waals surface area contributed by atoms with E-state index in [1.54, 1.807) is 23.9 Å². The highest BCUT2D eigenvalue weighted by molar-refractivity contribution is 6.05. The van der Waals surface area contributed by atoms with Gasteiger partial charge in [0.25, 0.3) is 0 Å². The summed E-state index contributed by atoms with van der Waals surface area (Å²) in [7, 11) is 1.78. The highest BCUT2D eigenvalue weighted by atomic mass is 16.1. The molecule has 0 amide bonds. The lowest BCUT2D eigenvalue weighted by Gasteiger charge is -2.20. The SMILES string of the molecule is CCN(CC)c1ccc(/C=C/C(=O)c2cc(C)nn2C)cc1. The molecule has 0 saturated carbocycles. The Morgan fingerprint density at radius 1 is 1.23 bits per heavy atom. The van der Waals surface area contributed by atoms with Crippen LogP contribution in [-0.4, -0.2) is 28.7 Å². The Bertz CT molecular complexity index is 664. The van der Waals surface area contributed by atoms with Crippen LogP contribution < -0.4 is 4.90 Å². The monoisotopic (exact) mass is 297 g/mol. The summed E-state index contributed by atoms with van der Waals surface area (Å²) in [4.78, 5) is 14.5. The van der Waals surface area contributed by atoms with Gasteiger partial charge in [-0.15, -0.1) is 0 Å². The van der Waals surface area contributed by atoms with E-state index >= 15 is 0 Å². The van der Waals surface area contributed by atoms with Crippen molar-refractivity contribution in [3.8, 4) is 0 Å². The Balaban J connectivity index is 2.10. The van der Waals surface area contributed by atoms with Gasteiger partial charge in [-0.25, -0.2) is 0 Å². The van der Waals surface area contributed by atoms with Crippen LogP contribution in [0.25, 0.3) is 6.08 Å². The van der Waals surface area contributed by atoms with Gasteiger partial charge < -0.3 is 4.90 Å². The summed E-state index contributed by atoms with van der Waals surface area (Å²) >= 11 is 0. The van der Waals surface area contributed by atoms with Gasteiger partial charge in [0.15, 0.2) is 0 Å². The van der Waals surface area contributed by atoms with Crippen LogP contribution in [0.1, 0.15) is 35.6 Å². The first-order valence-electron chi connectivity index (χ1n) is 7.63. The van der Waals surface area contributed by atoms with E-state index in [0.29, 0.717) is 5.69 Å². The van der Waals surface area contributed by atoms with E-state index in [1.807, 2.05) is 25.1 Å². The molecule has 0 bridgehead atoms. The molecular weight excluding hydrogens is 274 g/mol. The molecule has 1 aromatic heterocycles. The highest BCUT2D eigenvalue weighted by Crippen LogP contribution is 2.16. The van der Waals surface area contributed by atoms with Crippen molar-refractivity contribution in [2.75, 3.05) is 18.0 Å². The summed E-state index contributed by atoms with van der Waals surface area (Å²) in [5, 5.41) is 4.19. The molecule has 1 aromatic carbocycles. The van der Waals surface area contributed by atoms with Crippen LogP contribution in [0.15, 0.2) is 36.4 Å². The first kappa shape index (κ1) is 16.0. The molecule has 0 aliphatic heterocycles. The Morgan fingerprint density at radius 2 is 1.86 bits per heavy atom. The van der Waals surface area contributed by atoms with Crippen molar-refractivity contribution in [3.05, 3.63) is 53.4 Å². The predicted molar refractivity (Wildman–Crippen MR) is 91.3 cm³/mol. The summed E-state index contributed by atoms with van der Waals surface area (Å²) in [5.74, 6) is -0.0316. The van der Waals surface area contributed by atoms with Crippen LogP contribution in [0, 0.1) is 6.92 Å². The van der Waals surface area contributed by atoms with E-state index in [1.165, 1.54) is 5.69 Å². The van der Waals surface area contributed by atoms with Crippen LogP contribution in [0.2, 0.25) is 0 Å². The summed E-state index contributed by atoms with van der Waals surface area (Å²) < 4.78 is 1.62. The molecule has 0 radical (unpaired) electrons. The standard InChI is InChI=1S/C18H23N3O/c1-5-21(6-2)16-10-7-15(8-11-16)9-12-18(22)17-13-14(3)19-20(17)4/h7-13H,5-6H2,1-4H3/b12-9+. The zero-order valence-electron chi connectivity index (χ0n) is 13.7. The number of carbonyl (C=O) groups is 1. The molecule has 0 atom stereocenters. The Morgan fingerprint density at radius 3 is 2.36 bits per heavy atom. The minimum absolute atomic E-state index is 0.0316. The van der Waals surface area contributed by atoms with Crippen molar-refractivity contribution < 1.29 is 4.79 Å². The number of anilines is 1. The maximum absolute atomic E-state index is 12.2. The Labute approximate surface area is 132 Å². The fourth-order valence-corrected chi connectivity index (χ4v) is 2.48. The number of ketones is 1. The Hall–Kier alpha value is -2.36. The number of allylic oxidation sites excluding steroid dienone is 1. The summed E-state index contributed by atoms with van der Waals surface area (Å²) in [5.41, 5.74) is 3.68. The highest BCUT2D eigenvalue weighted by Gasteiger charge is 2.08. The number of aryl methyl sites for hydroxylation is 2. The van der Waals surface area contributed by atoms with E-state index in [0.717, 1.165) is 24.3 Å². The molecule has 22 heavy (non-hydrogen) atoms. The molecule has 0 unspecified atom stereocenters. The van der Waals surface area contributed by atoms with Crippen molar-refractivity contribution in [3.63, 3.8) is 0 Å². The lowest BCUT2D eigenvalue weighted by molar-refractivity contribution is 0.103. The average Bonchev–Trinajstić information content (AvgIpc) is 2.86. The van der Waals surface area contributed by atoms with Crippen molar-refractivity contribution >= 4 is 17.5 Å². The second-order valence-electron chi connectivity index (χ2n) is 5.26. The summed E-state index contributed by atoms with van der Waals surface area (Å²) in [6.07, 6.45) is 3.44. The summed E-state index contributed by atoms with van der Waals surface area (Å²) in [6, 6.07) is 10.0. The van der Waals surface area contributed by atoms with Crippen LogP contribution in [0.4, 0.5) is 5.69 Å². The molecule has 0 aliphatic rings. The number of rotatable bonds is 6.